The van der Waals surface area contributed by atoms with Crippen LogP contribution in [-0.4, -0.2) is 43.6 Å². The lowest BCUT2D eigenvalue weighted by Crippen LogP contribution is -2.41. The third-order valence-electron chi connectivity index (χ3n) is 5.61. The lowest BCUT2D eigenvalue weighted by atomic mass is 10.2. The summed E-state index contributed by atoms with van der Waals surface area (Å²) in [5, 5.41) is 10.5. The van der Waals surface area contributed by atoms with Gasteiger partial charge in [-0.15, -0.1) is 0 Å². The second-order valence-corrected chi connectivity index (χ2v) is 7.66. The first-order chi connectivity index (χ1) is 14.5. The quantitative estimate of drug-likeness (QED) is 0.617. The minimum Gasteiger partial charge on any atom is -0.497 e. The molecule has 0 radical (unpaired) electrons. The summed E-state index contributed by atoms with van der Waals surface area (Å²) in [6.45, 7) is 3.04. The first kappa shape index (κ1) is 20.2. The second kappa shape index (κ2) is 7.98. The Kier molecular flexibility index (Phi) is 5.38. The number of hydrogen-bond acceptors (Lipinski definition) is 6. The zero-order valence-corrected chi connectivity index (χ0v) is 17.5. The molecule has 1 aliphatic heterocycles. The van der Waals surface area contributed by atoms with E-state index in [0.29, 0.717) is 30.2 Å². The van der Waals surface area contributed by atoms with Gasteiger partial charge in [-0.3, -0.25) is 13.9 Å². The molecule has 0 spiro atoms. The van der Waals surface area contributed by atoms with Crippen LogP contribution in [0.25, 0.3) is 11.2 Å². The number of ether oxygens (including phenoxy) is 1. The maximum absolute atomic E-state index is 13.2. The van der Waals surface area contributed by atoms with Crippen molar-refractivity contribution in [1.29, 1.82) is 0 Å². The highest BCUT2D eigenvalue weighted by Crippen LogP contribution is 2.32. The molecule has 0 bridgehead atoms. The summed E-state index contributed by atoms with van der Waals surface area (Å²) in [6.07, 6.45) is 2.03. The third-order valence-corrected chi connectivity index (χ3v) is 5.61. The number of hydrogen-bond donors (Lipinski definition) is 1. The average molecular weight is 413 g/mol. The lowest BCUT2D eigenvalue weighted by Gasteiger charge is -2.32. The molecule has 30 heavy (non-hydrogen) atoms. The molecule has 3 heterocycles. The van der Waals surface area contributed by atoms with Crippen molar-refractivity contribution in [2.75, 3.05) is 18.6 Å². The first-order valence-electron chi connectivity index (χ1n) is 10.3. The van der Waals surface area contributed by atoms with Gasteiger partial charge in [0.2, 0.25) is 5.95 Å². The Balaban J connectivity index is 1.88. The van der Waals surface area contributed by atoms with Crippen LogP contribution in [0.5, 0.6) is 5.75 Å². The Labute approximate surface area is 173 Å². The normalized spacial score (nSPS) is 16.1. The van der Waals surface area contributed by atoms with Crippen molar-refractivity contribution in [3.8, 4) is 5.75 Å². The predicted molar refractivity (Wildman–Crippen MR) is 115 cm³/mol. The van der Waals surface area contributed by atoms with E-state index in [1.165, 1.54) is 9.13 Å². The van der Waals surface area contributed by atoms with E-state index in [1.807, 2.05) is 29.2 Å². The molecule has 9 nitrogen and oxygen atoms in total. The van der Waals surface area contributed by atoms with Crippen molar-refractivity contribution in [2.24, 2.45) is 7.05 Å². The van der Waals surface area contributed by atoms with Gasteiger partial charge in [0, 0.05) is 19.3 Å². The molecular formula is C21H27N5O4. The van der Waals surface area contributed by atoms with Gasteiger partial charge < -0.3 is 19.3 Å². The number of aryl methyl sites for hydroxylation is 1. The van der Waals surface area contributed by atoms with Crippen LogP contribution in [0.3, 0.4) is 0 Å². The average Bonchev–Trinajstić information content (AvgIpc) is 3.13. The number of aliphatic hydroxyl groups excluding tert-OH is 1. The first-order valence-corrected chi connectivity index (χ1v) is 10.3. The zero-order chi connectivity index (χ0) is 21.4. The summed E-state index contributed by atoms with van der Waals surface area (Å²) in [7, 11) is 3.23. The summed E-state index contributed by atoms with van der Waals surface area (Å²) >= 11 is 0. The molecule has 0 amide bonds. The van der Waals surface area contributed by atoms with Crippen molar-refractivity contribution in [3.05, 3.63) is 45.1 Å². The minimum absolute atomic E-state index is 0.251. The van der Waals surface area contributed by atoms with Gasteiger partial charge in [0.25, 0.3) is 5.56 Å². The fraction of sp³-hybridized carbons (Fsp3) is 0.476. The number of aliphatic hydroxyl groups is 1. The van der Waals surface area contributed by atoms with E-state index >= 15 is 0 Å². The van der Waals surface area contributed by atoms with Crippen molar-refractivity contribution in [2.45, 2.75) is 45.4 Å². The van der Waals surface area contributed by atoms with Gasteiger partial charge in [-0.2, -0.15) is 4.98 Å². The van der Waals surface area contributed by atoms with Crippen molar-refractivity contribution in [1.82, 2.24) is 18.7 Å². The van der Waals surface area contributed by atoms with Crippen LogP contribution < -0.4 is 20.9 Å². The van der Waals surface area contributed by atoms with Crippen LogP contribution in [0.1, 0.15) is 26.2 Å². The summed E-state index contributed by atoms with van der Waals surface area (Å²) in [4.78, 5) is 32.5. The highest BCUT2D eigenvalue weighted by molar-refractivity contribution is 5.77. The molecule has 0 fully saturated rings. The van der Waals surface area contributed by atoms with E-state index in [4.69, 9.17) is 4.74 Å². The van der Waals surface area contributed by atoms with E-state index in [2.05, 4.69) is 11.9 Å². The van der Waals surface area contributed by atoms with Gasteiger partial charge in [-0.1, -0.05) is 19.8 Å². The highest BCUT2D eigenvalue weighted by atomic mass is 16.5. The molecule has 1 aliphatic rings. The predicted octanol–water partition coefficient (Wildman–Crippen LogP) is 1.61. The topological polar surface area (TPSA) is 94.5 Å². The molecule has 1 unspecified atom stereocenters. The molecule has 1 aromatic carbocycles. The zero-order valence-electron chi connectivity index (χ0n) is 17.5. The Morgan fingerprint density at radius 2 is 1.90 bits per heavy atom. The van der Waals surface area contributed by atoms with Crippen LogP contribution in [0.2, 0.25) is 0 Å². The number of methoxy groups -OCH3 is 1. The molecule has 4 rings (SSSR count). The van der Waals surface area contributed by atoms with Gasteiger partial charge in [-0.05, 0) is 30.7 Å². The fourth-order valence-electron chi connectivity index (χ4n) is 4.00. The van der Waals surface area contributed by atoms with E-state index < -0.39 is 6.10 Å². The molecule has 0 saturated carbocycles. The molecular weight excluding hydrogens is 386 g/mol. The molecule has 0 saturated heterocycles. The summed E-state index contributed by atoms with van der Waals surface area (Å²) in [6, 6.07) is 7.42. The number of fused-ring (bicyclic) bond motifs is 3. The van der Waals surface area contributed by atoms with Crippen LogP contribution in [0, 0.1) is 0 Å². The van der Waals surface area contributed by atoms with E-state index in [9.17, 15) is 14.7 Å². The largest absolute Gasteiger partial charge is 0.497 e. The SMILES string of the molecule is CCCCCn1c(=O)c2c(nc3n2CC(O)CN3c2ccc(OC)cc2)n(C)c1=O. The highest BCUT2D eigenvalue weighted by Gasteiger charge is 2.30. The Hall–Kier alpha value is -3.07. The molecule has 1 atom stereocenters. The summed E-state index contributed by atoms with van der Waals surface area (Å²) in [5.74, 6) is 1.26. The minimum atomic E-state index is -0.679. The van der Waals surface area contributed by atoms with Crippen molar-refractivity contribution < 1.29 is 9.84 Å². The van der Waals surface area contributed by atoms with Crippen LogP contribution in [-0.2, 0) is 20.1 Å². The van der Waals surface area contributed by atoms with E-state index in [0.717, 1.165) is 30.7 Å². The number of benzene rings is 1. The Bertz CT molecular complexity index is 1180. The summed E-state index contributed by atoms with van der Waals surface area (Å²) < 4.78 is 9.66. The number of rotatable bonds is 6. The van der Waals surface area contributed by atoms with Crippen LogP contribution in [0.4, 0.5) is 11.6 Å². The van der Waals surface area contributed by atoms with Gasteiger partial charge in [0.1, 0.15) is 5.75 Å². The number of imidazole rings is 1. The third kappa shape index (κ3) is 3.28. The standard InChI is InChI=1S/C21H27N5O4/c1-4-5-6-11-24-19(28)17-18(23(2)21(24)29)22-20-25(12-15(27)13-26(17)20)14-7-9-16(30-3)10-8-14/h7-10,15,27H,4-6,11-13H2,1-3H3. The number of nitrogens with zero attached hydrogens (tertiary/aromatic N) is 5. The van der Waals surface area contributed by atoms with Gasteiger partial charge >= 0.3 is 5.69 Å². The smallest absolute Gasteiger partial charge is 0.332 e. The Morgan fingerprint density at radius 3 is 2.57 bits per heavy atom. The van der Waals surface area contributed by atoms with Gasteiger partial charge in [0.05, 0.1) is 26.3 Å². The summed E-state index contributed by atoms with van der Waals surface area (Å²) in [5.41, 5.74) is 0.780. The molecule has 160 valence electrons. The van der Waals surface area contributed by atoms with Crippen LogP contribution >= 0.6 is 0 Å². The number of β-amino-alcohol motifs (C(OH)–C–C–N with tert-alkyl or cyclic N) is 1. The van der Waals surface area contributed by atoms with Gasteiger partial charge in [-0.25, -0.2) is 4.79 Å². The monoisotopic (exact) mass is 413 g/mol. The molecule has 1 N–H and O–H groups in total. The van der Waals surface area contributed by atoms with Crippen molar-refractivity contribution in [3.63, 3.8) is 0 Å². The molecule has 3 aromatic rings. The number of aromatic nitrogens is 4. The van der Waals surface area contributed by atoms with Gasteiger partial charge in [0.15, 0.2) is 11.2 Å². The lowest BCUT2D eigenvalue weighted by molar-refractivity contribution is 0.154. The molecule has 2 aromatic heterocycles. The molecule has 0 aliphatic carbocycles. The van der Waals surface area contributed by atoms with E-state index in [-0.39, 0.29) is 17.8 Å². The number of unbranched alkanes of at least 4 members (excludes halogenated alkanes) is 2. The fourth-order valence-corrected chi connectivity index (χ4v) is 4.00. The van der Waals surface area contributed by atoms with Crippen LogP contribution in [0.15, 0.2) is 33.9 Å². The Morgan fingerprint density at radius 1 is 1.17 bits per heavy atom. The second-order valence-electron chi connectivity index (χ2n) is 7.66. The number of anilines is 2. The maximum atomic E-state index is 13.2. The molecule has 9 heteroatoms. The maximum Gasteiger partial charge on any atom is 0.332 e. The van der Waals surface area contributed by atoms with Crippen molar-refractivity contribution >= 4 is 22.8 Å². The van der Waals surface area contributed by atoms with E-state index in [1.54, 1.807) is 18.7 Å².